The van der Waals surface area contributed by atoms with E-state index in [1.165, 1.54) is 13.2 Å². The molecule has 1 aliphatic rings. The lowest BCUT2D eigenvalue weighted by molar-refractivity contribution is -0.164. The predicted octanol–water partition coefficient (Wildman–Crippen LogP) is 2.23. The zero-order valence-electron chi connectivity index (χ0n) is 11.6. The molecule has 1 fully saturated rings. The quantitative estimate of drug-likeness (QED) is 0.851. The molecule has 106 valence electrons. The Balaban J connectivity index is 2.24. The van der Waals surface area contributed by atoms with E-state index in [0.29, 0.717) is 25.2 Å². The average molecular weight is 268 g/mol. The molecule has 5 nitrogen and oxygen atoms in total. The maximum absolute atomic E-state index is 11.4. The number of carbonyl (C=O) groups excluding carboxylic acids is 1. The minimum Gasteiger partial charge on any atom is -0.463 e. The van der Waals surface area contributed by atoms with E-state index in [2.05, 4.69) is 4.74 Å². The van der Waals surface area contributed by atoms with Gasteiger partial charge in [0.25, 0.3) is 0 Å². The standard InChI is InChI=1S/C14H20O5/c1-4-13(2)9-14(16,7-8-18-13)11-6-5-10(19-11)12(15)17-3/h5-6,16H,4,7-9H2,1-3H3. The molecule has 2 rings (SSSR count). The highest BCUT2D eigenvalue weighted by Crippen LogP contribution is 2.41. The molecule has 0 bridgehead atoms. The molecule has 0 amide bonds. The molecule has 1 N–H and O–H groups in total. The highest BCUT2D eigenvalue weighted by atomic mass is 16.5. The first-order valence-electron chi connectivity index (χ1n) is 6.47. The first-order valence-corrected chi connectivity index (χ1v) is 6.47. The summed E-state index contributed by atoms with van der Waals surface area (Å²) in [4.78, 5) is 11.4. The van der Waals surface area contributed by atoms with Crippen molar-refractivity contribution < 1.29 is 23.8 Å². The van der Waals surface area contributed by atoms with E-state index in [1.54, 1.807) is 6.07 Å². The fourth-order valence-electron chi connectivity index (χ4n) is 2.46. The molecule has 0 spiro atoms. The molecule has 1 aromatic rings. The number of methoxy groups -OCH3 is 1. The molecule has 2 heterocycles. The minimum absolute atomic E-state index is 0.107. The highest BCUT2D eigenvalue weighted by molar-refractivity contribution is 5.86. The molecule has 0 aromatic carbocycles. The molecule has 19 heavy (non-hydrogen) atoms. The topological polar surface area (TPSA) is 68.9 Å². The van der Waals surface area contributed by atoms with Gasteiger partial charge in [-0.1, -0.05) is 6.92 Å². The van der Waals surface area contributed by atoms with Crippen LogP contribution in [-0.2, 0) is 15.1 Å². The van der Waals surface area contributed by atoms with Gasteiger partial charge in [0.1, 0.15) is 11.4 Å². The zero-order chi connectivity index (χ0) is 14.1. The van der Waals surface area contributed by atoms with E-state index in [1.807, 2.05) is 13.8 Å². The van der Waals surface area contributed by atoms with Crippen LogP contribution in [-0.4, -0.2) is 30.4 Å². The van der Waals surface area contributed by atoms with Gasteiger partial charge >= 0.3 is 5.97 Å². The molecule has 0 radical (unpaired) electrons. The number of esters is 1. The number of carbonyl (C=O) groups is 1. The Kier molecular flexibility index (Phi) is 3.69. The van der Waals surface area contributed by atoms with Crippen molar-refractivity contribution in [3.63, 3.8) is 0 Å². The van der Waals surface area contributed by atoms with Crippen molar-refractivity contribution in [3.05, 3.63) is 23.7 Å². The van der Waals surface area contributed by atoms with Crippen molar-refractivity contribution in [2.24, 2.45) is 0 Å². The Morgan fingerprint density at radius 3 is 2.89 bits per heavy atom. The molecular weight excluding hydrogens is 248 g/mol. The monoisotopic (exact) mass is 268 g/mol. The summed E-state index contributed by atoms with van der Waals surface area (Å²) in [6.45, 7) is 4.46. The maximum atomic E-state index is 11.4. The van der Waals surface area contributed by atoms with Crippen LogP contribution < -0.4 is 0 Å². The van der Waals surface area contributed by atoms with Gasteiger partial charge in [0, 0.05) is 12.8 Å². The van der Waals surface area contributed by atoms with Crippen LogP contribution in [0.2, 0.25) is 0 Å². The van der Waals surface area contributed by atoms with Crippen LogP contribution in [0.15, 0.2) is 16.5 Å². The summed E-state index contributed by atoms with van der Waals surface area (Å²) in [5, 5.41) is 10.8. The number of hydrogen-bond donors (Lipinski definition) is 1. The third-order valence-corrected chi connectivity index (χ3v) is 3.83. The summed E-state index contributed by atoms with van der Waals surface area (Å²) in [6, 6.07) is 3.16. The third kappa shape index (κ3) is 2.67. The predicted molar refractivity (Wildman–Crippen MR) is 67.8 cm³/mol. The molecule has 1 aliphatic heterocycles. The third-order valence-electron chi connectivity index (χ3n) is 3.83. The summed E-state index contributed by atoms with van der Waals surface area (Å²) in [7, 11) is 1.29. The number of rotatable bonds is 3. The lowest BCUT2D eigenvalue weighted by Gasteiger charge is -2.42. The summed E-state index contributed by atoms with van der Waals surface area (Å²) in [6.07, 6.45) is 1.71. The number of ether oxygens (including phenoxy) is 2. The summed E-state index contributed by atoms with van der Waals surface area (Å²) < 4.78 is 15.7. The lowest BCUT2D eigenvalue weighted by Crippen LogP contribution is -2.45. The van der Waals surface area contributed by atoms with Gasteiger partial charge in [0.05, 0.1) is 19.3 Å². The second kappa shape index (κ2) is 4.98. The van der Waals surface area contributed by atoms with Gasteiger partial charge in [-0.05, 0) is 25.5 Å². The molecule has 0 aliphatic carbocycles. The number of aliphatic hydroxyl groups is 1. The van der Waals surface area contributed by atoms with Crippen LogP contribution in [0.5, 0.6) is 0 Å². The Labute approximate surface area is 112 Å². The summed E-state index contributed by atoms with van der Waals surface area (Å²) in [5.41, 5.74) is -1.46. The van der Waals surface area contributed by atoms with E-state index in [-0.39, 0.29) is 11.4 Å². The molecule has 2 unspecified atom stereocenters. The van der Waals surface area contributed by atoms with Crippen LogP contribution >= 0.6 is 0 Å². The molecule has 1 saturated heterocycles. The molecule has 0 saturated carbocycles. The van der Waals surface area contributed by atoms with E-state index >= 15 is 0 Å². The van der Waals surface area contributed by atoms with E-state index < -0.39 is 11.6 Å². The highest BCUT2D eigenvalue weighted by Gasteiger charge is 2.44. The Hall–Kier alpha value is -1.33. The normalized spacial score (nSPS) is 31.2. The molecule has 2 atom stereocenters. The first kappa shape index (κ1) is 14.1. The smallest absolute Gasteiger partial charge is 0.373 e. The van der Waals surface area contributed by atoms with Crippen molar-refractivity contribution in [1.82, 2.24) is 0 Å². The SMILES string of the molecule is CCC1(C)CC(O)(c2ccc(C(=O)OC)o2)CCO1. The van der Waals surface area contributed by atoms with Crippen molar-refractivity contribution in [1.29, 1.82) is 0 Å². The van der Waals surface area contributed by atoms with E-state index in [0.717, 1.165) is 6.42 Å². The number of hydrogen-bond acceptors (Lipinski definition) is 5. The van der Waals surface area contributed by atoms with Crippen molar-refractivity contribution >= 4 is 5.97 Å². The van der Waals surface area contributed by atoms with Gasteiger partial charge in [-0.3, -0.25) is 0 Å². The van der Waals surface area contributed by atoms with Crippen molar-refractivity contribution in [3.8, 4) is 0 Å². The first-order chi connectivity index (χ1) is 8.92. The fraction of sp³-hybridized carbons (Fsp3) is 0.643. The Morgan fingerprint density at radius 2 is 2.26 bits per heavy atom. The fourth-order valence-corrected chi connectivity index (χ4v) is 2.46. The van der Waals surface area contributed by atoms with Crippen LogP contribution in [0.3, 0.4) is 0 Å². The Bertz CT molecular complexity index is 466. The van der Waals surface area contributed by atoms with E-state index in [4.69, 9.17) is 9.15 Å². The van der Waals surface area contributed by atoms with Crippen LogP contribution in [0.25, 0.3) is 0 Å². The molecular formula is C14H20O5. The second-order valence-electron chi connectivity index (χ2n) is 5.27. The van der Waals surface area contributed by atoms with Gasteiger partial charge in [0.15, 0.2) is 0 Å². The summed E-state index contributed by atoms with van der Waals surface area (Å²) >= 11 is 0. The van der Waals surface area contributed by atoms with Gasteiger partial charge in [-0.25, -0.2) is 4.79 Å². The van der Waals surface area contributed by atoms with E-state index in [9.17, 15) is 9.90 Å². The maximum Gasteiger partial charge on any atom is 0.373 e. The minimum atomic E-state index is -1.09. The lowest BCUT2D eigenvalue weighted by atomic mass is 9.80. The van der Waals surface area contributed by atoms with Crippen molar-refractivity contribution in [2.45, 2.75) is 44.3 Å². The molecule has 1 aromatic heterocycles. The van der Waals surface area contributed by atoms with Crippen LogP contribution in [0.1, 0.15) is 49.4 Å². The summed E-state index contributed by atoms with van der Waals surface area (Å²) in [5.74, 6) is -0.0355. The van der Waals surface area contributed by atoms with Crippen molar-refractivity contribution in [2.75, 3.05) is 13.7 Å². The zero-order valence-corrected chi connectivity index (χ0v) is 11.6. The largest absolute Gasteiger partial charge is 0.463 e. The Morgan fingerprint density at radius 1 is 1.53 bits per heavy atom. The van der Waals surface area contributed by atoms with Gasteiger partial charge < -0.3 is 19.0 Å². The van der Waals surface area contributed by atoms with Gasteiger partial charge in [-0.15, -0.1) is 0 Å². The van der Waals surface area contributed by atoms with Crippen LogP contribution in [0.4, 0.5) is 0 Å². The second-order valence-corrected chi connectivity index (χ2v) is 5.27. The van der Waals surface area contributed by atoms with Crippen LogP contribution in [0, 0.1) is 0 Å². The molecule has 5 heteroatoms. The van der Waals surface area contributed by atoms with Gasteiger partial charge in [-0.2, -0.15) is 0 Å². The van der Waals surface area contributed by atoms with Gasteiger partial charge in [0.2, 0.25) is 5.76 Å². The number of furan rings is 1. The average Bonchev–Trinajstić information content (AvgIpc) is 2.88.